The summed E-state index contributed by atoms with van der Waals surface area (Å²) in [5.74, 6) is 0. The molecule has 2 N–H and O–H groups in total. The van der Waals surface area contributed by atoms with E-state index in [0.29, 0.717) is 0 Å². The zero-order chi connectivity index (χ0) is 14.2. The van der Waals surface area contributed by atoms with Gasteiger partial charge in [-0.15, -0.1) is 0 Å². The van der Waals surface area contributed by atoms with Crippen LogP contribution in [0.2, 0.25) is 0 Å². The van der Waals surface area contributed by atoms with Gasteiger partial charge in [-0.2, -0.15) is 0 Å². The zero-order valence-corrected chi connectivity index (χ0v) is 11.9. The second-order valence-corrected chi connectivity index (χ2v) is 4.85. The molecule has 2 amide bonds. The topological polar surface area (TPSA) is 54.0 Å². The third-order valence-electron chi connectivity index (χ3n) is 3.18. The van der Waals surface area contributed by atoms with E-state index in [4.69, 9.17) is 0 Å². The summed E-state index contributed by atoms with van der Waals surface area (Å²) >= 11 is 0. The number of hydrogen-bond donors (Lipinski definition) is 2. The van der Waals surface area contributed by atoms with Crippen LogP contribution in [-0.4, -0.2) is 17.6 Å². The number of carbonyl (C=O) groups excluding carboxylic acids is 1. The lowest BCUT2D eigenvalue weighted by atomic mass is 10.2. The predicted molar refractivity (Wildman–Crippen MR) is 82.9 cm³/mol. The minimum absolute atomic E-state index is 0.148. The number of hydrogen-bond acceptors (Lipinski definition) is 2. The van der Waals surface area contributed by atoms with E-state index >= 15 is 0 Å². The Bertz CT molecular complexity index is 568. The highest BCUT2D eigenvalue weighted by Crippen LogP contribution is 2.16. The third-order valence-corrected chi connectivity index (χ3v) is 3.18. The van der Waals surface area contributed by atoms with E-state index < -0.39 is 0 Å². The Morgan fingerprint density at radius 1 is 1.20 bits per heavy atom. The molecule has 2 aromatic rings. The molecular formula is C16H21N3O. The smallest absolute Gasteiger partial charge is 0.319 e. The maximum atomic E-state index is 11.7. The number of fused-ring (bicyclic) bond motifs is 1. The molecule has 0 bridgehead atoms. The number of pyridine rings is 1. The van der Waals surface area contributed by atoms with Crippen molar-refractivity contribution in [3.63, 3.8) is 0 Å². The van der Waals surface area contributed by atoms with E-state index in [2.05, 4.69) is 22.5 Å². The molecule has 2 rings (SSSR count). The van der Waals surface area contributed by atoms with Crippen LogP contribution in [0.4, 0.5) is 10.5 Å². The number of amides is 2. The van der Waals surface area contributed by atoms with E-state index in [0.717, 1.165) is 29.6 Å². The standard InChI is InChI=1S/C16H21N3O/c1-2-3-4-5-10-18-16(20)19-14-8-9-15-13(12-14)7-6-11-17-15/h6-9,11-12H,2-5,10H2,1H3,(H2,18,19,20). The Morgan fingerprint density at radius 3 is 2.95 bits per heavy atom. The van der Waals surface area contributed by atoms with Crippen molar-refractivity contribution in [2.45, 2.75) is 32.6 Å². The Morgan fingerprint density at radius 2 is 2.10 bits per heavy atom. The molecule has 0 atom stereocenters. The van der Waals surface area contributed by atoms with E-state index in [1.165, 1.54) is 19.3 Å². The van der Waals surface area contributed by atoms with Gasteiger partial charge in [-0.25, -0.2) is 4.79 Å². The van der Waals surface area contributed by atoms with Gasteiger partial charge in [0.05, 0.1) is 5.52 Å². The van der Waals surface area contributed by atoms with Gasteiger partial charge in [0, 0.05) is 23.8 Å². The maximum absolute atomic E-state index is 11.7. The number of rotatable bonds is 6. The first-order valence-corrected chi connectivity index (χ1v) is 7.19. The average Bonchev–Trinajstić information content (AvgIpc) is 2.47. The summed E-state index contributed by atoms with van der Waals surface area (Å²) in [6.07, 6.45) is 6.39. The van der Waals surface area contributed by atoms with Crippen LogP contribution >= 0.6 is 0 Å². The fourth-order valence-electron chi connectivity index (χ4n) is 2.08. The van der Waals surface area contributed by atoms with E-state index in [1.54, 1.807) is 6.20 Å². The lowest BCUT2D eigenvalue weighted by Crippen LogP contribution is -2.29. The highest BCUT2D eigenvalue weighted by molar-refractivity contribution is 5.92. The molecule has 0 unspecified atom stereocenters. The molecule has 4 heteroatoms. The van der Waals surface area contributed by atoms with Crippen LogP contribution in [0.25, 0.3) is 10.9 Å². The predicted octanol–water partition coefficient (Wildman–Crippen LogP) is 3.94. The van der Waals surface area contributed by atoms with Gasteiger partial charge in [0.1, 0.15) is 0 Å². The van der Waals surface area contributed by atoms with E-state index in [-0.39, 0.29) is 6.03 Å². The van der Waals surface area contributed by atoms with E-state index in [1.807, 2.05) is 30.3 Å². The van der Waals surface area contributed by atoms with Crippen LogP contribution in [0.3, 0.4) is 0 Å². The van der Waals surface area contributed by atoms with Gasteiger partial charge in [0.25, 0.3) is 0 Å². The van der Waals surface area contributed by atoms with E-state index in [9.17, 15) is 4.79 Å². The highest BCUT2D eigenvalue weighted by Gasteiger charge is 2.02. The lowest BCUT2D eigenvalue weighted by Gasteiger charge is -2.08. The first kappa shape index (κ1) is 14.3. The van der Waals surface area contributed by atoms with Crippen molar-refractivity contribution in [3.05, 3.63) is 36.5 Å². The van der Waals surface area contributed by atoms with Gasteiger partial charge in [0.15, 0.2) is 0 Å². The van der Waals surface area contributed by atoms with Crippen LogP contribution < -0.4 is 10.6 Å². The number of anilines is 1. The molecule has 0 aliphatic rings. The van der Waals surface area contributed by atoms with Crippen molar-refractivity contribution in [2.75, 3.05) is 11.9 Å². The lowest BCUT2D eigenvalue weighted by molar-refractivity contribution is 0.252. The van der Waals surface area contributed by atoms with Crippen LogP contribution in [0.1, 0.15) is 32.6 Å². The third kappa shape index (κ3) is 4.23. The largest absolute Gasteiger partial charge is 0.338 e. The molecular weight excluding hydrogens is 250 g/mol. The van der Waals surface area contributed by atoms with Gasteiger partial charge in [-0.05, 0) is 30.7 Å². The fourth-order valence-corrected chi connectivity index (χ4v) is 2.08. The van der Waals surface area contributed by atoms with Gasteiger partial charge in [-0.3, -0.25) is 4.98 Å². The number of urea groups is 1. The summed E-state index contributed by atoms with van der Waals surface area (Å²) in [4.78, 5) is 16.0. The summed E-state index contributed by atoms with van der Waals surface area (Å²) < 4.78 is 0. The molecule has 0 spiro atoms. The van der Waals surface area contributed by atoms with Crippen LogP contribution in [0, 0.1) is 0 Å². The Kier molecular flexibility index (Phi) is 5.35. The quantitative estimate of drug-likeness (QED) is 0.782. The van der Waals surface area contributed by atoms with Crippen molar-refractivity contribution in [3.8, 4) is 0 Å². The number of benzene rings is 1. The van der Waals surface area contributed by atoms with Crippen molar-refractivity contribution >= 4 is 22.6 Å². The molecule has 0 aliphatic heterocycles. The highest BCUT2D eigenvalue weighted by atomic mass is 16.2. The fraction of sp³-hybridized carbons (Fsp3) is 0.375. The summed E-state index contributed by atoms with van der Waals surface area (Å²) in [6, 6.07) is 9.43. The number of aromatic nitrogens is 1. The summed E-state index contributed by atoms with van der Waals surface area (Å²) in [6.45, 7) is 2.90. The van der Waals surface area contributed by atoms with Gasteiger partial charge in [-0.1, -0.05) is 32.3 Å². The van der Waals surface area contributed by atoms with Gasteiger partial charge in [0.2, 0.25) is 0 Å². The SMILES string of the molecule is CCCCCCNC(=O)Nc1ccc2ncccc2c1. The minimum atomic E-state index is -0.148. The second-order valence-electron chi connectivity index (χ2n) is 4.85. The zero-order valence-electron chi connectivity index (χ0n) is 11.9. The molecule has 106 valence electrons. The van der Waals surface area contributed by atoms with Gasteiger partial charge >= 0.3 is 6.03 Å². The monoisotopic (exact) mass is 271 g/mol. The molecule has 20 heavy (non-hydrogen) atoms. The second kappa shape index (κ2) is 7.48. The Balaban J connectivity index is 1.83. The molecule has 1 aromatic carbocycles. The minimum Gasteiger partial charge on any atom is -0.338 e. The Labute approximate surface area is 119 Å². The first-order valence-electron chi connectivity index (χ1n) is 7.19. The number of carbonyl (C=O) groups is 1. The van der Waals surface area contributed by atoms with Crippen molar-refractivity contribution < 1.29 is 4.79 Å². The molecule has 0 saturated heterocycles. The molecule has 0 fully saturated rings. The molecule has 4 nitrogen and oxygen atoms in total. The van der Waals surface area contributed by atoms with Crippen LogP contribution in [0.5, 0.6) is 0 Å². The molecule has 0 radical (unpaired) electrons. The molecule has 0 aliphatic carbocycles. The normalized spacial score (nSPS) is 10.4. The first-order chi connectivity index (χ1) is 9.79. The summed E-state index contributed by atoms with van der Waals surface area (Å²) in [7, 11) is 0. The molecule has 0 saturated carbocycles. The van der Waals surface area contributed by atoms with Crippen LogP contribution in [0.15, 0.2) is 36.5 Å². The Hall–Kier alpha value is -2.10. The average molecular weight is 271 g/mol. The van der Waals surface area contributed by atoms with Gasteiger partial charge < -0.3 is 10.6 Å². The van der Waals surface area contributed by atoms with Crippen molar-refractivity contribution in [2.24, 2.45) is 0 Å². The van der Waals surface area contributed by atoms with Crippen LogP contribution in [-0.2, 0) is 0 Å². The summed E-state index contributed by atoms with van der Waals surface area (Å²) in [5.41, 5.74) is 1.72. The molecule has 1 heterocycles. The van der Waals surface area contributed by atoms with Crippen molar-refractivity contribution in [1.29, 1.82) is 0 Å². The number of nitrogens with zero attached hydrogens (tertiary/aromatic N) is 1. The maximum Gasteiger partial charge on any atom is 0.319 e. The number of unbranched alkanes of at least 4 members (excludes halogenated alkanes) is 3. The molecule has 1 aromatic heterocycles. The van der Waals surface area contributed by atoms with Crippen molar-refractivity contribution in [1.82, 2.24) is 10.3 Å². The number of nitrogens with one attached hydrogen (secondary N) is 2. The summed E-state index contributed by atoms with van der Waals surface area (Å²) in [5, 5.41) is 6.74.